The first-order chi connectivity index (χ1) is 9.24. The molecule has 2 fully saturated rings. The summed E-state index contributed by atoms with van der Waals surface area (Å²) >= 11 is 0. The van der Waals surface area contributed by atoms with Crippen LogP contribution in [0, 0.1) is 5.92 Å². The van der Waals surface area contributed by atoms with Gasteiger partial charge in [-0.3, -0.25) is 9.88 Å². The van der Waals surface area contributed by atoms with Gasteiger partial charge in [0.15, 0.2) is 0 Å². The molecule has 1 N–H and O–H groups in total. The van der Waals surface area contributed by atoms with Gasteiger partial charge in [-0.2, -0.15) is 0 Å². The molecule has 3 heteroatoms. The quantitative estimate of drug-likeness (QED) is 0.912. The van der Waals surface area contributed by atoms with Gasteiger partial charge in [0.1, 0.15) is 0 Å². The van der Waals surface area contributed by atoms with Crippen molar-refractivity contribution in [2.24, 2.45) is 5.92 Å². The van der Waals surface area contributed by atoms with Crippen LogP contribution in [0.25, 0.3) is 10.9 Å². The van der Waals surface area contributed by atoms with E-state index < -0.39 is 0 Å². The number of aromatic nitrogens is 1. The summed E-state index contributed by atoms with van der Waals surface area (Å²) in [6.45, 7) is 2.57. The summed E-state index contributed by atoms with van der Waals surface area (Å²) in [5.74, 6) is 0.568. The maximum absolute atomic E-state index is 10.4. The minimum Gasteiger partial charge on any atom is -0.387 e. The van der Waals surface area contributed by atoms with Crippen LogP contribution in [0.15, 0.2) is 36.5 Å². The Morgan fingerprint density at radius 1 is 1.21 bits per heavy atom. The average molecular weight is 254 g/mol. The van der Waals surface area contributed by atoms with Crippen molar-refractivity contribution in [2.45, 2.75) is 25.0 Å². The van der Waals surface area contributed by atoms with Crippen molar-refractivity contribution in [1.82, 2.24) is 9.88 Å². The number of fused-ring (bicyclic) bond motifs is 1. The average Bonchev–Trinajstić information content (AvgIpc) is 3.22. The zero-order valence-corrected chi connectivity index (χ0v) is 10.9. The highest BCUT2D eigenvalue weighted by molar-refractivity contribution is 5.81. The Labute approximate surface area is 112 Å². The number of hydrogen-bond donors (Lipinski definition) is 1. The third kappa shape index (κ3) is 1.94. The van der Waals surface area contributed by atoms with Crippen molar-refractivity contribution in [3.05, 3.63) is 42.1 Å². The molecule has 2 aromatic rings. The number of rotatable bonds is 3. The molecule has 4 rings (SSSR count). The van der Waals surface area contributed by atoms with Crippen LogP contribution in [0.4, 0.5) is 0 Å². The van der Waals surface area contributed by atoms with Gasteiger partial charge in [-0.1, -0.05) is 18.2 Å². The Morgan fingerprint density at radius 3 is 2.79 bits per heavy atom. The number of aliphatic hydroxyl groups is 1. The van der Waals surface area contributed by atoms with E-state index in [2.05, 4.69) is 34.1 Å². The first-order valence-electron chi connectivity index (χ1n) is 7.02. The van der Waals surface area contributed by atoms with E-state index in [1.165, 1.54) is 23.8 Å². The lowest BCUT2D eigenvalue weighted by Crippen LogP contribution is -2.62. The second-order valence-corrected chi connectivity index (χ2v) is 6.01. The van der Waals surface area contributed by atoms with Crippen LogP contribution in [0.3, 0.4) is 0 Å². The number of likely N-dealkylation sites (tertiary alicyclic amines) is 1. The molecular weight excluding hydrogens is 236 g/mol. The first-order valence-corrected chi connectivity index (χ1v) is 7.02. The number of nitrogens with zero attached hydrogens (tertiary/aromatic N) is 2. The van der Waals surface area contributed by atoms with Crippen LogP contribution in [0.5, 0.6) is 0 Å². The van der Waals surface area contributed by atoms with Crippen LogP contribution in [0.2, 0.25) is 0 Å². The lowest BCUT2D eigenvalue weighted by atomic mass is 9.88. The normalized spacial score (nSPS) is 22.4. The maximum atomic E-state index is 10.4. The van der Waals surface area contributed by atoms with Crippen LogP contribution >= 0.6 is 0 Å². The predicted molar refractivity (Wildman–Crippen MR) is 74.7 cm³/mol. The SMILES string of the molecule is OC1(C2CC2)CN(Cc2ccnc3ccccc23)C1. The van der Waals surface area contributed by atoms with Crippen molar-refractivity contribution in [2.75, 3.05) is 13.1 Å². The van der Waals surface area contributed by atoms with Crippen molar-refractivity contribution >= 4 is 10.9 Å². The molecule has 0 atom stereocenters. The van der Waals surface area contributed by atoms with Gasteiger partial charge >= 0.3 is 0 Å². The minimum atomic E-state index is -0.386. The second kappa shape index (κ2) is 4.02. The standard InChI is InChI=1S/C16H18N2O/c19-16(13-5-6-13)10-18(11-16)9-12-7-8-17-15-4-2-1-3-14(12)15/h1-4,7-8,13,19H,5-6,9-11H2. The van der Waals surface area contributed by atoms with Crippen molar-refractivity contribution in [3.8, 4) is 0 Å². The van der Waals surface area contributed by atoms with E-state index in [0.29, 0.717) is 5.92 Å². The summed E-state index contributed by atoms with van der Waals surface area (Å²) in [6.07, 6.45) is 4.30. The largest absolute Gasteiger partial charge is 0.387 e. The van der Waals surface area contributed by atoms with Gasteiger partial charge in [0, 0.05) is 31.2 Å². The molecule has 98 valence electrons. The fourth-order valence-electron chi connectivity index (χ4n) is 3.25. The zero-order chi connectivity index (χ0) is 12.9. The highest BCUT2D eigenvalue weighted by Crippen LogP contribution is 2.44. The van der Waals surface area contributed by atoms with Crippen LogP contribution in [-0.2, 0) is 6.54 Å². The molecule has 1 saturated heterocycles. The van der Waals surface area contributed by atoms with Gasteiger partial charge in [-0.15, -0.1) is 0 Å². The summed E-state index contributed by atoms with van der Waals surface area (Å²) in [5, 5.41) is 11.6. The first kappa shape index (κ1) is 11.4. The topological polar surface area (TPSA) is 36.4 Å². The number of pyridine rings is 1. The van der Waals surface area contributed by atoms with Gasteiger partial charge in [0.2, 0.25) is 0 Å². The summed E-state index contributed by atoms with van der Waals surface area (Å²) in [5.41, 5.74) is 1.98. The fraction of sp³-hybridized carbons (Fsp3) is 0.438. The van der Waals surface area contributed by atoms with E-state index in [9.17, 15) is 5.11 Å². The summed E-state index contributed by atoms with van der Waals surface area (Å²) in [7, 11) is 0. The molecule has 19 heavy (non-hydrogen) atoms. The number of hydrogen-bond acceptors (Lipinski definition) is 3. The third-order valence-electron chi connectivity index (χ3n) is 4.47. The van der Waals surface area contributed by atoms with Gasteiger partial charge in [0.05, 0.1) is 11.1 Å². The monoisotopic (exact) mass is 254 g/mol. The molecule has 0 unspecified atom stereocenters. The Kier molecular flexibility index (Phi) is 2.41. The Bertz CT molecular complexity index is 610. The fourth-order valence-corrected chi connectivity index (χ4v) is 3.25. The number of benzene rings is 1. The lowest BCUT2D eigenvalue weighted by molar-refractivity contribution is -0.116. The van der Waals surface area contributed by atoms with Crippen LogP contribution < -0.4 is 0 Å². The van der Waals surface area contributed by atoms with Crippen molar-refractivity contribution < 1.29 is 5.11 Å². The molecule has 0 spiro atoms. The van der Waals surface area contributed by atoms with E-state index in [-0.39, 0.29) is 5.60 Å². The summed E-state index contributed by atoms with van der Waals surface area (Å²) in [6, 6.07) is 10.4. The number of para-hydroxylation sites is 1. The molecular formula is C16H18N2O. The van der Waals surface area contributed by atoms with Gasteiger partial charge < -0.3 is 5.11 Å². The van der Waals surface area contributed by atoms with Crippen LogP contribution in [0.1, 0.15) is 18.4 Å². The molecule has 0 bridgehead atoms. The van der Waals surface area contributed by atoms with E-state index in [1.54, 1.807) is 0 Å². The molecule has 1 saturated carbocycles. The Morgan fingerprint density at radius 2 is 2.00 bits per heavy atom. The lowest BCUT2D eigenvalue weighted by Gasteiger charge is -2.47. The van der Waals surface area contributed by atoms with Crippen LogP contribution in [-0.4, -0.2) is 33.7 Å². The minimum absolute atomic E-state index is 0.386. The van der Waals surface area contributed by atoms with Gasteiger partial charge in [-0.25, -0.2) is 0 Å². The zero-order valence-electron chi connectivity index (χ0n) is 10.9. The Hall–Kier alpha value is -1.45. The van der Waals surface area contributed by atoms with Gasteiger partial charge in [0.25, 0.3) is 0 Å². The van der Waals surface area contributed by atoms with E-state index in [4.69, 9.17) is 0 Å². The summed E-state index contributed by atoms with van der Waals surface area (Å²) in [4.78, 5) is 6.73. The second-order valence-electron chi connectivity index (χ2n) is 6.01. The Balaban J connectivity index is 1.53. The highest BCUT2D eigenvalue weighted by Gasteiger charge is 2.51. The molecule has 1 aliphatic carbocycles. The van der Waals surface area contributed by atoms with Crippen molar-refractivity contribution in [3.63, 3.8) is 0 Å². The summed E-state index contributed by atoms with van der Waals surface area (Å²) < 4.78 is 0. The molecule has 0 amide bonds. The number of β-amino-alcohol motifs (C(OH)–C–C–N with tert-alkyl or cyclic N) is 1. The smallest absolute Gasteiger partial charge is 0.0928 e. The molecule has 1 aromatic carbocycles. The van der Waals surface area contributed by atoms with E-state index in [0.717, 1.165) is 25.2 Å². The molecule has 1 aliphatic heterocycles. The van der Waals surface area contributed by atoms with E-state index >= 15 is 0 Å². The third-order valence-corrected chi connectivity index (χ3v) is 4.47. The molecule has 1 aromatic heterocycles. The molecule has 3 nitrogen and oxygen atoms in total. The highest BCUT2D eigenvalue weighted by atomic mass is 16.3. The molecule has 2 heterocycles. The molecule has 2 aliphatic rings. The van der Waals surface area contributed by atoms with E-state index in [1.807, 2.05) is 12.3 Å². The van der Waals surface area contributed by atoms with Gasteiger partial charge in [-0.05, 0) is 36.5 Å². The predicted octanol–water partition coefficient (Wildman–Crippen LogP) is 2.19. The molecule has 0 radical (unpaired) electrons. The van der Waals surface area contributed by atoms with Crippen molar-refractivity contribution in [1.29, 1.82) is 0 Å². The maximum Gasteiger partial charge on any atom is 0.0928 e.